The Morgan fingerprint density at radius 2 is 1.83 bits per heavy atom. The largest absolute Gasteiger partial charge is 0.586 e. The number of sulfone groups is 1. The van der Waals surface area contributed by atoms with Crippen LogP contribution >= 0.6 is 0 Å². The lowest BCUT2D eigenvalue weighted by atomic mass is 10.1. The third-order valence-electron chi connectivity index (χ3n) is 5.62. The Labute approximate surface area is 199 Å². The second-order valence-electron chi connectivity index (χ2n) is 8.08. The van der Waals surface area contributed by atoms with Crippen molar-refractivity contribution in [2.75, 3.05) is 10.7 Å². The van der Waals surface area contributed by atoms with Gasteiger partial charge in [-0.25, -0.2) is 13.4 Å². The molecule has 2 aliphatic rings. The van der Waals surface area contributed by atoms with Crippen LogP contribution in [0.3, 0.4) is 0 Å². The molecule has 1 aromatic carbocycles. The maximum atomic E-state index is 13.4. The molecule has 0 spiro atoms. The van der Waals surface area contributed by atoms with Gasteiger partial charge in [0.15, 0.2) is 32.2 Å². The van der Waals surface area contributed by atoms with Crippen LogP contribution in [-0.2, 0) is 30.0 Å². The summed E-state index contributed by atoms with van der Waals surface area (Å²) in [5, 5.41) is 3.32. The molecule has 36 heavy (non-hydrogen) atoms. The molecule has 4 heterocycles. The Morgan fingerprint density at radius 1 is 1.17 bits per heavy atom. The van der Waals surface area contributed by atoms with E-state index in [4.69, 9.17) is 0 Å². The summed E-state index contributed by atoms with van der Waals surface area (Å²) in [6.07, 6.45) is -6.25. The number of rotatable bonds is 5. The van der Waals surface area contributed by atoms with Crippen molar-refractivity contribution in [1.29, 1.82) is 0 Å². The predicted octanol–water partition coefficient (Wildman–Crippen LogP) is 3.12. The maximum absolute atomic E-state index is 13.4. The molecule has 0 fully saturated rings. The number of nitrogens with zero attached hydrogens (tertiary/aromatic N) is 5. The Balaban J connectivity index is 1.58. The van der Waals surface area contributed by atoms with Crippen molar-refractivity contribution in [3.05, 3.63) is 35.7 Å². The lowest BCUT2D eigenvalue weighted by Crippen LogP contribution is -2.26. The zero-order valence-corrected chi connectivity index (χ0v) is 19.3. The topological polar surface area (TPSA) is 109 Å². The van der Waals surface area contributed by atoms with E-state index in [1.54, 1.807) is 0 Å². The summed E-state index contributed by atoms with van der Waals surface area (Å²) in [6.45, 7) is -0.197. The zero-order chi connectivity index (χ0) is 26.2. The van der Waals surface area contributed by atoms with Crippen LogP contribution in [0.25, 0.3) is 11.4 Å². The first-order valence-corrected chi connectivity index (χ1v) is 12.0. The minimum absolute atomic E-state index is 0.0138. The van der Waals surface area contributed by atoms with Crippen LogP contribution in [0.1, 0.15) is 22.8 Å². The number of amides is 1. The summed E-state index contributed by atoms with van der Waals surface area (Å²) >= 11 is 0. The molecule has 0 aliphatic carbocycles. The number of benzene rings is 1. The molecule has 192 valence electrons. The van der Waals surface area contributed by atoms with Crippen LogP contribution in [0, 0.1) is 0 Å². The Kier molecular flexibility index (Phi) is 5.11. The third-order valence-corrected chi connectivity index (χ3v) is 7.43. The predicted molar refractivity (Wildman–Crippen MR) is 111 cm³/mol. The van der Waals surface area contributed by atoms with Crippen LogP contribution < -0.4 is 14.4 Å². The van der Waals surface area contributed by atoms with Crippen molar-refractivity contribution in [1.82, 2.24) is 19.3 Å². The smallest absolute Gasteiger partial charge is 0.395 e. The molecular weight excluding hydrogens is 517 g/mol. The second-order valence-corrected chi connectivity index (χ2v) is 10.3. The molecule has 16 heteroatoms. The minimum Gasteiger partial charge on any atom is -0.395 e. The Hall–Kier alpha value is -3.69. The molecule has 5 rings (SSSR count). The van der Waals surface area contributed by atoms with Gasteiger partial charge in [-0.2, -0.15) is 18.3 Å². The zero-order valence-electron chi connectivity index (χ0n) is 18.5. The van der Waals surface area contributed by atoms with Crippen LogP contribution in [0.15, 0.2) is 29.6 Å². The van der Waals surface area contributed by atoms with Crippen LogP contribution in [0.5, 0.6) is 11.5 Å². The van der Waals surface area contributed by atoms with Gasteiger partial charge in [0, 0.05) is 18.8 Å². The molecule has 0 atom stereocenters. The van der Waals surface area contributed by atoms with Gasteiger partial charge in [-0.05, 0) is 17.7 Å². The molecule has 10 nitrogen and oxygen atoms in total. The number of anilines is 1. The van der Waals surface area contributed by atoms with Gasteiger partial charge >= 0.3 is 12.5 Å². The normalized spacial score (nSPS) is 16.6. The van der Waals surface area contributed by atoms with Gasteiger partial charge in [-0.3, -0.25) is 14.4 Å². The molecular formula is C20H16F5N5O5S. The molecule has 0 saturated heterocycles. The number of alkyl halides is 5. The van der Waals surface area contributed by atoms with Crippen molar-refractivity contribution in [3.63, 3.8) is 0 Å². The molecule has 3 aromatic rings. The van der Waals surface area contributed by atoms with Crippen molar-refractivity contribution in [2.24, 2.45) is 7.05 Å². The first-order valence-electron chi connectivity index (χ1n) is 10.3. The molecule has 0 bridgehead atoms. The number of carbonyl (C=O) groups is 1. The van der Waals surface area contributed by atoms with Crippen LogP contribution in [-0.4, -0.2) is 51.9 Å². The Bertz CT molecular complexity index is 1510. The molecule has 0 saturated carbocycles. The van der Waals surface area contributed by atoms with E-state index in [0.29, 0.717) is 4.68 Å². The molecule has 0 N–H and O–H groups in total. The minimum atomic E-state index is -4.53. The number of ether oxygens (including phenoxy) is 2. The SMILES string of the molecule is CCS(=O)(=O)c1c(N2Cc3cc4c(cc3C2=O)OC(F)(F)O4)nc(-c2cnn(CC(F)(F)F)c2)n1C. The first kappa shape index (κ1) is 24.0. The highest BCUT2D eigenvalue weighted by Crippen LogP contribution is 2.45. The number of hydrogen-bond acceptors (Lipinski definition) is 7. The highest BCUT2D eigenvalue weighted by molar-refractivity contribution is 7.91. The van der Waals surface area contributed by atoms with Gasteiger partial charge in [-0.15, -0.1) is 8.78 Å². The molecule has 1 amide bonds. The highest BCUT2D eigenvalue weighted by Gasteiger charge is 2.46. The highest BCUT2D eigenvalue weighted by atomic mass is 32.2. The van der Waals surface area contributed by atoms with Gasteiger partial charge in [0.25, 0.3) is 5.91 Å². The summed E-state index contributed by atoms with van der Waals surface area (Å²) in [4.78, 5) is 18.5. The summed E-state index contributed by atoms with van der Waals surface area (Å²) in [6, 6.07) is 2.27. The van der Waals surface area contributed by atoms with Gasteiger partial charge in [0.05, 0.1) is 24.1 Å². The standard InChI is InChI=1S/C20H16F5N5O5S/c1-3-36(32,33)18-16(27-15(28(18)2)11-6-26-29(7-11)9-19(21,22)23)30-8-10-4-13-14(5-12(10)17(30)31)35-20(24,25)34-13/h4-7H,3,8-9H2,1-2H3. The fraction of sp³-hybridized carbons (Fsp3) is 0.350. The maximum Gasteiger partial charge on any atom is 0.586 e. The molecule has 0 radical (unpaired) electrons. The van der Waals surface area contributed by atoms with Gasteiger partial charge < -0.3 is 14.0 Å². The lowest BCUT2D eigenvalue weighted by Gasteiger charge is -2.15. The fourth-order valence-electron chi connectivity index (χ4n) is 4.06. The summed E-state index contributed by atoms with van der Waals surface area (Å²) in [5.41, 5.74) is 0.345. The van der Waals surface area contributed by atoms with Crippen LogP contribution in [0.2, 0.25) is 0 Å². The summed E-state index contributed by atoms with van der Waals surface area (Å²) < 4.78 is 102. The quantitative estimate of drug-likeness (QED) is 0.464. The molecule has 0 unspecified atom stereocenters. The second kappa shape index (κ2) is 7.65. The Morgan fingerprint density at radius 3 is 2.47 bits per heavy atom. The number of hydrogen-bond donors (Lipinski definition) is 0. The average molecular weight is 533 g/mol. The monoisotopic (exact) mass is 533 g/mol. The number of aromatic nitrogens is 4. The molecule has 2 aromatic heterocycles. The van der Waals surface area contributed by atoms with E-state index < -0.39 is 34.8 Å². The van der Waals surface area contributed by atoms with E-state index in [1.807, 2.05) is 0 Å². The number of imidazole rings is 1. The van der Waals surface area contributed by atoms with Crippen molar-refractivity contribution >= 4 is 21.6 Å². The summed E-state index contributed by atoms with van der Waals surface area (Å²) in [7, 11) is -2.64. The van der Waals surface area contributed by atoms with Gasteiger partial charge in [0.2, 0.25) is 0 Å². The van der Waals surface area contributed by atoms with Crippen LogP contribution in [0.4, 0.5) is 27.8 Å². The number of fused-ring (bicyclic) bond motifs is 2. The fourth-order valence-corrected chi connectivity index (χ4v) is 5.28. The van der Waals surface area contributed by atoms with Crippen molar-refractivity contribution < 1.29 is 44.6 Å². The van der Waals surface area contributed by atoms with E-state index in [-0.39, 0.29) is 57.2 Å². The molecule has 2 aliphatic heterocycles. The van der Waals surface area contributed by atoms with E-state index in [2.05, 4.69) is 19.6 Å². The van der Waals surface area contributed by atoms with E-state index in [1.165, 1.54) is 20.0 Å². The van der Waals surface area contributed by atoms with E-state index in [9.17, 15) is 35.2 Å². The van der Waals surface area contributed by atoms with Crippen molar-refractivity contribution in [2.45, 2.75) is 37.5 Å². The van der Waals surface area contributed by atoms with Gasteiger partial charge in [0.1, 0.15) is 12.4 Å². The average Bonchev–Trinajstić information content (AvgIpc) is 3.49. The summed E-state index contributed by atoms with van der Waals surface area (Å²) in [5.74, 6) is -2.01. The number of carbonyl (C=O) groups excluding carboxylic acids is 1. The van der Waals surface area contributed by atoms with E-state index in [0.717, 1.165) is 27.9 Å². The first-order chi connectivity index (χ1) is 16.7. The lowest BCUT2D eigenvalue weighted by molar-refractivity contribution is -0.286. The third kappa shape index (κ3) is 3.94. The van der Waals surface area contributed by atoms with Crippen molar-refractivity contribution in [3.8, 4) is 22.9 Å². The van der Waals surface area contributed by atoms with E-state index >= 15 is 0 Å². The number of halogens is 5. The van der Waals surface area contributed by atoms with Gasteiger partial charge in [-0.1, -0.05) is 6.92 Å².